The maximum absolute atomic E-state index is 11.0. The first kappa shape index (κ1) is 10.1. The number of alkyl halides is 1. The van der Waals surface area contributed by atoms with Crippen LogP contribution in [0, 0.1) is 6.92 Å². The molecule has 1 rings (SSSR count). The quantitative estimate of drug-likeness (QED) is 0.716. The monoisotopic (exact) mass is 201 g/mol. The molecule has 0 radical (unpaired) electrons. The molecule has 1 aromatic rings. The zero-order valence-electron chi connectivity index (χ0n) is 7.60. The van der Waals surface area contributed by atoms with Gasteiger partial charge < -0.3 is 5.32 Å². The highest BCUT2D eigenvalue weighted by atomic mass is 35.5. The minimum Gasteiger partial charge on any atom is -0.349 e. The Labute approximate surface area is 81.7 Å². The van der Waals surface area contributed by atoms with Gasteiger partial charge in [-0.25, -0.2) is 0 Å². The van der Waals surface area contributed by atoms with Crippen LogP contribution in [-0.2, 0) is 11.3 Å². The predicted molar refractivity (Wildman–Crippen MR) is 50.5 cm³/mol. The number of aryl methyl sites for hydroxylation is 1. The third-order valence-corrected chi connectivity index (χ3v) is 1.76. The topological polar surface area (TPSA) is 57.8 Å². The molecule has 1 heterocycles. The second kappa shape index (κ2) is 4.28. The molecule has 4 nitrogen and oxygen atoms in total. The molecule has 0 aromatic carbocycles. The van der Waals surface area contributed by atoms with Gasteiger partial charge in [0.25, 0.3) is 0 Å². The van der Waals surface area contributed by atoms with Crippen molar-refractivity contribution in [2.75, 3.05) is 0 Å². The number of aromatic nitrogens is 2. The Morgan fingerprint density at radius 1 is 1.85 bits per heavy atom. The first-order chi connectivity index (χ1) is 6.09. The third-order valence-electron chi connectivity index (χ3n) is 1.56. The molecular formula is C8H12ClN3O. The summed E-state index contributed by atoms with van der Waals surface area (Å²) in [5, 5.41) is 8.91. The number of hydrogen-bond acceptors (Lipinski definition) is 2. The van der Waals surface area contributed by atoms with E-state index >= 15 is 0 Å². The standard InChI is InChI=1S/C8H12ClN3O/c1-5-3-7(12-11-5)4-10-8(13)6(2)9/h3,6H,4H2,1-2H3,(H,10,13)(H,11,12). The van der Waals surface area contributed by atoms with E-state index < -0.39 is 5.38 Å². The second-order valence-electron chi connectivity index (χ2n) is 2.88. The van der Waals surface area contributed by atoms with Crippen molar-refractivity contribution in [1.29, 1.82) is 0 Å². The van der Waals surface area contributed by atoms with Gasteiger partial charge in [-0.3, -0.25) is 9.89 Å². The van der Waals surface area contributed by atoms with E-state index in [4.69, 9.17) is 11.6 Å². The lowest BCUT2D eigenvalue weighted by atomic mass is 10.3. The van der Waals surface area contributed by atoms with E-state index in [0.29, 0.717) is 6.54 Å². The van der Waals surface area contributed by atoms with Crippen LogP contribution in [0.3, 0.4) is 0 Å². The van der Waals surface area contributed by atoms with Crippen molar-refractivity contribution in [3.8, 4) is 0 Å². The number of amides is 1. The summed E-state index contributed by atoms with van der Waals surface area (Å²) in [6, 6.07) is 1.87. The Kier molecular flexibility index (Phi) is 3.31. The van der Waals surface area contributed by atoms with Crippen LogP contribution in [0.25, 0.3) is 0 Å². The predicted octanol–water partition coefficient (Wildman–Crippen LogP) is 0.962. The maximum Gasteiger partial charge on any atom is 0.238 e. The lowest BCUT2D eigenvalue weighted by Gasteiger charge is -2.03. The van der Waals surface area contributed by atoms with Gasteiger partial charge >= 0.3 is 0 Å². The third kappa shape index (κ3) is 3.06. The molecule has 13 heavy (non-hydrogen) atoms. The van der Waals surface area contributed by atoms with E-state index in [1.54, 1.807) is 6.92 Å². The van der Waals surface area contributed by atoms with Crippen LogP contribution >= 0.6 is 11.6 Å². The van der Waals surface area contributed by atoms with E-state index in [0.717, 1.165) is 11.4 Å². The molecule has 5 heteroatoms. The fourth-order valence-corrected chi connectivity index (χ4v) is 0.960. The highest BCUT2D eigenvalue weighted by Gasteiger charge is 2.08. The molecule has 1 aromatic heterocycles. The Morgan fingerprint density at radius 2 is 2.54 bits per heavy atom. The SMILES string of the molecule is Cc1cc(CNC(=O)C(C)Cl)n[nH]1. The molecule has 0 aliphatic rings. The first-order valence-electron chi connectivity index (χ1n) is 4.02. The van der Waals surface area contributed by atoms with Gasteiger partial charge in [0.1, 0.15) is 5.38 Å². The summed E-state index contributed by atoms with van der Waals surface area (Å²) in [5.41, 5.74) is 1.78. The molecule has 0 spiro atoms. The number of aromatic amines is 1. The normalized spacial score (nSPS) is 12.5. The molecule has 0 bridgehead atoms. The average molecular weight is 202 g/mol. The highest BCUT2D eigenvalue weighted by Crippen LogP contribution is 1.98. The van der Waals surface area contributed by atoms with Crippen LogP contribution in [-0.4, -0.2) is 21.5 Å². The van der Waals surface area contributed by atoms with Crippen molar-refractivity contribution in [3.05, 3.63) is 17.5 Å². The molecule has 1 amide bonds. The van der Waals surface area contributed by atoms with Crippen LogP contribution in [0.5, 0.6) is 0 Å². The molecule has 0 saturated carbocycles. The van der Waals surface area contributed by atoms with Gasteiger partial charge in [-0.1, -0.05) is 0 Å². The van der Waals surface area contributed by atoms with Gasteiger partial charge in [0.15, 0.2) is 0 Å². The molecular weight excluding hydrogens is 190 g/mol. The van der Waals surface area contributed by atoms with Crippen molar-refractivity contribution in [3.63, 3.8) is 0 Å². The minimum absolute atomic E-state index is 0.178. The molecule has 1 atom stereocenters. The van der Waals surface area contributed by atoms with Gasteiger partial charge in [0.2, 0.25) is 5.91 Å². The smallest absolute Gasteiger partial charge is 0.238 e. The Hall–Kier alpha value is -1.03. The molecule has 72 valence electrons. The molecule has 1 unspecified atom stereocenters. The molecule has 0 saturated heterocycles. The van der Waals surface area contributed by atoms with Gasteiger partial charge in [0, 0.05) is 5.69 Å². The van der Waals surface area contributed by atoms with Crippen molar-refractivity contribution in [2.24, 2.45) is 0 Å². The number of halogens is 1. The largest absolute Gasteiger partial charge is 0.349 e. The van der Waals surface area contributed by atoms with Gasteiger partial charge in [-0.05, 0) is 19.9 Å². The summed E-state index contributed by atoms with van der Waals surface area (Å²) in [6.07, 6.45) is 0. The van der Waals surface area contributed by atoms with Gasteiger partial charge in [-0.15, -0.1) is 11.6 Å². The molecule has 0 aliphatic heterocycles. The summed E-state index contributed by atoms with van der Waals surface area (Å²) < 4.78 is 0. The van der Waals surface area contributed by atoms with Crippen LogP contribution < -0.4 is 5.32 Å². The van der Waals surface area contributed by atoms with E-state index in [-0.39, 0.29) is 5.91 Å². The lowest BCUT2D eigenvalue weighted by Crippen LogP contribution is -2.29. The number of rotatable bonds is 3. The van der Waals surface area contributed by atoms with E-state index in [2.05, 4.69) is 15.5 Å². The van der Waals surface area contributed by atoms with Crippen molar-refractivity contribution in [1.82, 2.24) is 15.5 Å². The number of H-pyrrole nitrogens is 1. The summed E-state index contributed by atoms with van der Waals surface area (Å²) >= 11 is 5.56. The van der Waals surface area contributed by atoms with Crippen molar-refractivity contribution in [2.45, 2.75) is 25.8 Å². The van der Waals surface area contributed by atoms with Gasteiger partial charge in [0.05, 0.1) is 12.2 Å². The second-order valence-corrected chi connectivity index (χ2v) is 3.53. The fourth-order valence-electron chi connectivity index (χ4n) is 0.883. The van der Waals surface area contributed by atoms with E-state index in [1.807, 2.05) is 13.0 Å². The minimum atomic E-state index is -0.500. The fraction of sp³-hybridized carbons (Fsp3) is 0.500. The highest BCUT2D eigenvalue weighted by molar-refractivity contribution is 6.30. The average Bonchev–Trinajstić information content (AvgIpc) is 2.47. The summed E-state index contributed by atoms with van der Waals surface area (Å²) in [4.78, 5) is 11.0. The zero-order valence-corrected chi connectivity index (χ0v) is 8.35. The number of carbonyl (C=O) groups is 1. The van der Waals surface area contributed by atoms with E-state index in [1.165, 1.54) is 0 Å². The van der Waals surface area contributed by atoms with Crippen LogP contribution in [0.15, 0.2) is 6.07 Å². The Balaban J connectivity index is 2.39. The summed E-state index contributed by atoms with van der Waals surface area (Å²) in [6.45, 7) is 3.95. The Bertz CT molecular complexity index is 295. The van der Waals surface area contributed by atoms with Gasteiger partial charge in [-0.2, -0.15) is 5.10 Å². The van der Waals surface area contributed by atoms with Crippen LogP contribution in [0.2, 0.25) is 0 Å². The molecule has 2 N–H and O–H groups in total. The first-order valence-corrected chi connectivity index (χ1v) is 4.46. The van der Waals surface area contributed by atoms with Crippen LogP contribution in [0.4, 0.5) is 0 Å². The summed E-state index contributed by atoms with van der Waals surface area (Å²) in [7, 11) is 0. The maximum atomic E-state index is 11.0. The number of nitrogens with one attached hydrogen (secondary N) is 2. The van der Waals surface area contributed by atoms with Crippen molar-refractivity contribution >= 4 is 17.5 Å². The number of carbonyl (C=O) groups excluding carboxylic acids is 1. The number of hydrogen-bond donors (Lipinski definition) is 2. The summed E-state index contributed by atoms with van der Waals surface area (Å²) in [5.74, 6) is -0.178. The lowest BCUT2D eigenvalue weighted by molar-refractivity contribution is -0.120. The molecule has 0 aliphatic carbocycles. The van der Waals surface area contributed by atoms with E-state index in [9.17, 15) is 4.79 Å². The molecule has 0 fully saturated rings. The zero-order chi connectivity index (χ0) is 9.84. The van der Waals surface area contributed by atoms with Crippen molar-refractivity contribution < 1.29 is 4.79 Å². The van der Waals surface area contributed by atoms with Crippen LogP contribution in [0.1, 0.15) is 18.3 Å². The number of nitrogens with zero attached hydrogens (tertiary/aromatic N) is 1. The Morgan fingerprint density at radius 3 is 3.00 bits per heavy atom.